The number of Topliss-reactive ketones (excluding diaryl/α,β-unsaturated/α-hetero) is 1. The third kappa shape index (κ3) is 10.8. The van der Waals surface area contributed by atoms with Gasteiger partial charge in [0.2, 0.25) is 17.7 Å². The summed E-state index contributed by atoms with van der Waals surface area (Å²) in [6.07, 6.45) is 2.39. The van der Waals surface area contributed by atoms with E-state index in [0.717, 1.165) is 30.5 Å². The van der Waals surface area contributed by atoms with Crippen LogP contribution in [0.2, 0.25) is 0 Å². The Morgan fingerprint density at radius 3 is 2.07 bits per heavy atom. The number of aliphatic carboxylic acids is 1. The molecule has 220 valence electrons. The summed E-state index contributed by atoms with van der Waals surface area (Å²) < 4.78 is 0. The zero-order valence-electron chi connectivity index (χ0n) is 23.4. The van der Waals surface area contributed by atoms with Crippen molar-refractivity contribution < 1.29 is 29.1 Å². The van der Waals surface area contributed by atoms with Crippen LogP contribution in [0, 0.1) is 0 Å². The molecule has 1 heterocycles. The lowest BCUT2D eigenvalue weighted by molar-refractivity contribution is -0.142. The van der Waals surface area contributed by atoms with Gasteiger partial charge >= 0.3 is 5.97 Å². The molecule has 41 heavy (non-hydrogen) atoms. The number of hydrogen-bond donors (Lipinski definition) is 5. The van der Waals surface area contributed by atoms with Crippen molar-refractivity contribution >= 4 is 29.5 Å². The minimum atomic E-state index is -1.27. The third-order valence-electron chi connectivity index (χ3n) is 7.14. The van der Waals surface area contributed by atoms with Gasteiger partial charge in [-0.25, -0.2) is 4.79 Å². The molecule has 3 amide bonds. The molecule has 0 aliphatic carbocycles. The topological polar surface area (TPSA) is 154 Å². The van der Waals surface area contributed by atoms with Crippen molar-refractivity contribution in [3.8, 4) is 0 Å². The highest BCUT2D eigenvalue weighted by molar-refractivity contribution is 5.91. The van der Waals surface area contributed by atoms with E-state index in [-0.39, 0.29) is 49.8 Å². The van der Waals surface area contributed by atoms with E-state index in [2.05, 4.69) is 21.3 Å². The zero-order chi connectivity index (χ0) is 29.6. The number of nitrogens with one attached hydrogen (secondary N) is 4. The van der Waals surface area contributed by atoms with E-state index in [4.69, 9.17) is 0 Å². The van der Waals surface area contributed by atoms with Crippen LogP contribution in [0.4, 0.5) is 0 Å². The number of benzene rings is 2. The Hall–Kier alpha value is -4.05. The second-order valence-corrected chi connectivity index (χ2v) is 10.4. The summed E-state index contributed by atoms with van der Waals surface area (Å²) in [5, 5.41) is 21.1. The van der Waals surface area contributed by atoms with Crippen LogP contribution in [0.3, 0.4) is 0 Å². The summed E-state index contributed by atoms with van der Waals surface area (Å²) >= 11 is 0. The van der Waals surface area contributed by atoms with Gasteiger partial charge in [0.15, 0.2) is 0 Å². The number of rotatable bonds is 16. The van der Waals surface area contributed by atoms with Crippen molar-refractivity contribution in [3.63, 3.8) is 0 Å². The van der Waals surface area contributed by atoms with E-state index < -0.39 is 35.9 Å². The van der Waals surface area contributed by atoms with Gasteiger partial charge in [-0.3, -0.25) is 19.2 Å². The smallest absolute Gasteiger partial charge is 0.326 e. The molecule has 1 fully saturated rings. The fourth-order valence-electron chi connectivity index (χ4n) is 4.83. The van der Waals surface area contributed by atoms with Crippen molar-refractivity contribution in [2.75, 3.05) is 6.54 Å². The molecule has 2 aromatic rings. The molecule has 4 atom stereocenters. The Kier molecular flexibility index (Phi) is 12.5. The number of carbonyl (C=O) groups is 5. The molecule has 0 saturated carbocycles. The Balaban J connectivity index is 1.72. The lowest BCUT2D eigenvalue weighted by Crippen LogP contribution is -2.54. The molecular weight excluding hydrogens is 524 g/mol. The van der Waals surface area contributed by atoms with E-state index in [9.17, 15) is 29.1 Å². The lowest BCUT2D eigenvalue weighted by atomic mass is 10.0. The van der Waals surface area contributed by atoms with E-state index >= 15 is 0 Å². The van der Waals surface area contributed by atoms with Gasteiger partial charge in [0, 0.05) is 31.7 Å². The molecule has 1 aliphatic rings. The van der Waals surface area contributed by atoms with Crippen LogP contribution in [-0.4, -0.2) is 65.3 Å². The van der Waals surface area contributed by atoms with Gasteiger partial charge in [0.25, 0.3) is 0 Å². The molecule has 0 unspecified atom stereocenters. The number of carbonyl (C=O) groups excluding carboxylic acids is 4. The summed E-state index contributed by atoms with van der Waals surface area (Å²) in [4.78, 5) is 63.0. The predicted octanol–water partition coefficient (Wildman–Crippen LogP) is 1.91. The average molecular weight is 565 g/mol. The Morgan fingerprint density at radius 1 is 0.878 bits per heavy atom. The van der Waals surface area contributed by atoms with Crippen molar-refractivity contribution in [1.29, 1.82) is 0 Å². The summed E-state index contributed by atoms with van der Waals surface area (Å²) in [6, 6.07) is 15.4. The van der Waals surface area contributed by atoms with Gasteiger partial charge in [-0.15, -0.1) is 0 Å². The normalized spacial score (nSPS) is 16.7. The minimum Gasteiger partial charge on any atom is -0.480 e. The number of carboxylic acid groups (broad SMARTS) is 1. The van der Waals surface area contributed by atoms with E-state index in [1.54, 1.807) is 6.92 Å². The first kappa shape index (κ1) is 31.5. The van der Waals surface area contributed by atoms with Crippen LogP contribution >= 0.6 is 0 Å². The molecule has 5 N–H and O–H groups in total. The van der Waals surface area contributed by atoms with Gasteiger partial charge < -0.3 is 26.4 Å². The minimum absolute atomic E-state index is 0.0279. The molecule has 0 aromatic heterocycles. The standard InChI is InChI=1S/C31H40N4O6/c1-2-24(36)15-16-26(31(40)41)35-30(39)27(19-22-12-7-4-8-13-22)34-28(37)20-23(18-21-10-5-3-6-11-21)33-29(38)25-14-9-17-32-25/h3-8,10-13,23,25-27,32H,2,9,14-20H2,1H3,(H,33,38)(H,34,37)(H,35,39)(H,40,41)/t23-,25-,26-,27-/m0/s1. The zero-order valence-corrected chi connectivity index (χ0v) is 23.4. The summed E-state index contributed by atoms with van der Waals surface area (Å²) in [7, 11) is 0. The Bertz CT molecular complexity index is 1170. The van der Waals surface area contributed by atoms with E-state index in [0.29, 0.717) is 6.42 Å². The molecule has 0 spiro atoms. The number of ketones is 1. The number of hydrogen-bond acceptors (Lipinski definition) is 6. The molecule has 3 rings (SSSR count). The van der Waals surface area contributed by atoms with Crippen LogP contribution in [0.25, 0.3) is 0 Å². The second kappa shape index (κ2) is 16.3. The third-order valence-corrected chi connectivity index (χ3v) is 7.14. The maximum atomic E-state index is 13.3. The summed E-state index contributed by atoms with van der Waals surface area (Å²) in [5.41, 5.74) is 1.73. The average Bonchev–Trinajstić information content (AvgIpc) is 3.51. The molecule has 1 saturated heterocycles. The van der Waals surface area contributed by atoms with Crippen LogP contribution in [-0.2, 0) is 36.8 Å². The fraction of sp³-hybridized carbons (Fsp3) is 0.452. The SMILES string of the molecule is CCC(=O)CC[C@H](NC(=O)[C@H](Cc1ccccc1)NC(=O)C[C@H](Cc1ccccc1)NC(=O)[C@@H]1CCCN1)C(=O)O. The first-order valence-electron chi connectivity index (χ1n) is 14.2. The van der Waals surface area contributed by atoms with Crippen molar-refractivity contribution in [2.45, 2.75) is 82.5 Å². The molecule has 0 bridgehead atoms. The van der Waals surface area contributed by atoms with Crippen LogP contribution in [0.1, 0.15) is 56.6 Å². The quantitative estimate of drug-likeness (QED) is 0.209. The van der Waals surface area contributed by atoms with Crippen molar-refractivity contribution in [1.82, 2.24) is 21.3 Å². The first-order valence-corrected chi connectivity index (χ1v) is 14.2. The maximum Gasteiger partial charge on any atom is 0.326 e. The number of amides is 3. The van der Waals surface area contributed by atoms with Crippen LogP contribution in [0.15, 0.2) is 60.7 Å². The largest absolute Gasteiger partial charge is 0.480 e. The highest BCUT2D eigenvalue weighted by atomic mass is 16.4. The van der Waals surface area contributed by atoms with Gasteiger partial charge in [-0.1, -0.05) is 67.6 Å². The molecule has 10 nitrogen and oxygen atoms in total. The predicted molar refractivity (Wildman–Crippen MR) is 154 cm³/mol. The van der Waals surface area contributed by atoms with Crippen molar-refractivity contribution in [3.05, 3.63) is 71.8 Å². The van der Waals surface area contributed by atoms with Crippen molar-refractivity contribution in [2.24, 2.45) is 0 Å². The Morgan fingerprint density at radius 2 is 1.51 bits per heavy atom. The second-order valence-electron chi connectivity index (χ2n) is 10.4. The number of carboxylic acids is 1. The molecule has 2 aromatic carbocycles. The van der Waals surface area contributed by atoms with E-state index in [1.165, 1.54) is 0 Å². The molecule has 0 radical (unpaired) electrons. The highest BCUT2D eigenvalue weighted by Gasteiger charge is 2.29. The van der Waals surface area contributed by atoms with Gasteiger partial charge in [-0.05, 0) is 43.4 Å². The Labute approximate surface area is 240 Å². The summed E-state index contributed by atoms with van der Waals surface area (Å²) in [5.74, 6) is -2.62. The molecular formula is C31H40N4O6. The molecule has 10 heteroatoms. The highest BCUT2D eigenvalue weighted by Crippen LogP contribution is 2.11. The van der Waals surface area contributed by atoms with Gasteiger partial charge in [-0.2, -0.15) is 0 Å². The lowest BCUT2D eigenvalue weighted by Gasteiger charge is -2.24. The molecule has 1 aliphatic heterocycles. The first-order chi connectivity index (χ1) is 19.7. The van der Waals surface area contributed by atoms with Crippen LogP contribution < -0.4 is 21.3 Å². The fourth-order valence-corrected chi connectivity index (χ4v) is 4.83. The monoisotopic (exact) mass is 564 g/mol. The maximum absolute atomic E-state index is 13.3. The van der Waals surface area contributed by atoms with Crippen LogP contribution in [0.5, 0.6) is 0 Å². The van der Waals surface area contributed by atoms with E-state index in [1.807, 2.05) is 60.7 Å². The van der Waals surface area contributed by atoms with Gasteiger partial charge in [0.05, 0.1) is 6.04 Å². The van der Waals surface area contributed by atoms with Gasteiger partial charge in [0.1, 0.15) is 17.9 Å². The summed E-state index contributed by atoms with van der Waals surface area (Å²) in [6.45, 7) is 2.46.